The van der Waals surface area contributed by atoms with Gasteiger partial charge in [-0.1, -0.05) is 13.0 Å². The lowest BCUT2D eigenvalue weighted by molar-refractivity contribution is 0.398. The summed E-state index contributed by atoms with van der Waals surface area (Å²) in [5.41, 5.74) is 6.79. The molecule has 3 N–H and O–H groups in total. The zero-order chi connectivity index (χ0) is 9.84. The van der Waals surface area contributed by atoms with E-state index in [4.69, 9.17) is 10.5 Å². The van der Waals surface area contributed by atoms with Crippen molar-refractivity contribution in [2.45, 2.75) is 19.4 Å². The fourth-order valence-corrected chi connectivity index (χ4v) is 1.23. The molecule has 0 aromatic heterocycles. The molecule has 1 atom stereocenters. The van der Waals surface area contributed by atoms with E-state index in [9.17, 15) is 5.11 Å². The fraction of sp³-hybridized carbons (Fsp3) is 0.400. The van der Waals surface area contributed by atoms with Gasteiger partial charge in [0.05, 0.1) is 7.11 Å². The molecule has 80 valence electrons. The first-order valence-electron chi connectivity index (χ1n) is 4.31. The van der Waals surface area contributed by atoms with E-state index in [1.807, 2.05) is 6.92 Å². The van der Waals surface area contributed by atoms with Crippen molar-refractivity contribution in [1.82, 2.24) is 0 Å². The van der Waals surface area contributed by atoms with Crippen molar-refractivity contribution < 1.29 is 9.84 Å². The second-order valence-electron chi connectivity index (χ2n) is 2.94. The van der Waals surface area contributed by atoms with Crippen LogP contribution < -0.4 is 10.5 Å². The van der Waals surface area contributed by atoms with Crippen molar-refractivity contribution in [3.05, 3.63) is 23.8 Å². The highest BCUT2D eigenvalue weighted by atomic mass is 35.5. The standard InChI is InChI=1S/C10H15NO2.ClH/c1-3-9(11)8-5-4-7(12)6-10(8)13-2;/h4-6,9,12H,3,11H2,1-2H3;1H/t9-;/m1./s1. The lowest BCUT2D eigenvalue weighted by Gasteiger charge is -2.13. The van der Waals surface area contributed by atoms with Crippen LogP contribution in [-0.4, -0.2) is 12.2 Å². The Morgan fingerprint density at radius 1 is 1.50 bits per heavy atom. The summed E-state index contributed by atoms with van der Waals surface area (Å²) < 4.78 is 5.11. The number of ether oxygens (including phenoxy) is 1. The summed E-state index contributed by atoms with van der Waals surface area (Å²) in [7, 11) is 1.57. The van der Waals surface area contributed by atoms with Crippen molar-refractivity contribution in [1.29, 1.82) is 0 Å². The smallest absolute Gasteiger partial charge is 0.127 e. The van der Waals surface area contributed by atoms with E-state index in [-0.39, 0.29) is 24.2 Å². The molecule has 0 bridgehead atoms. The van der Waals surface area contributed by atoms with Crippen LogP contribution >= 0.6 is 12.4 Å². The Kier molecular flexibility index (Phi) is 5.35. The summed E-state index contributed by atoms with van der Waals surface area (Å²) in [5, 5.41) is 9.20. The van der Waals surface area contributed by atoms with Gasteiger partial charge in [-0.05, 0) is 12.5 Å². The number of phenols is 1. The second-order valence-corrected chi connectivity index (χ2v) is 2.94. The molecule has 0 amide bonds. The largest absolute Gasteiger partial charge is 0.508 e. The Morgan fingerprint density at radius 3 is 2.64 bits per heavy atom. The lowest BCUT2D eigenvalue weighted by atomic mass is 10.0. The zero-order valence-electron chi connectivity index (χ0n) is 8.36. The first-order chi connectivity index (χ1) is 6.19. The number of aromatic hydroxyl groups is 1. The molecule has 0 aliphatic heterocycles. The molecular weight excluding hydrogens is 202 g/mol. The predicted molar refractivity (Wildman–Crippen MR) is 59.1 cm³/mol. The molecule has 3 nitrogen and oxygen atoms in total. The SMILES string of the molecule is CC[C@@H](N)c1ccc(O)cc1OC.Cl. The van der Waals surface area contributed by atoms with E-state index in [1.54, 1.807) is 25.3 Å². The topological polar surface area (TPSA) is 55.5 Å². The van der Waals surface area contributed by atoms with E-state index in [1.165, 1.54) is 0 Å². The summed E-state index contributed by atoms with van der Waals surface area (Å²) in [6.45, 7) is 2.01. The summed E-state index contributed by atoms with van der Waals surface area (Å²) in [4.78, 5) is 0. The van der Waals surface area contributed by atoms with Gasteiger partial charge in [0.15, 0.2) is 0 Å². The van der Waals surface area contributed by atoms with Gasteiger partial charge in [0.1, 0.15) is 11.5 Å². The predicted octanol–water partition coefficient (Wildman–Crippen LogP) is 2.23. The van der Waals surface area contributed by atoms with Crippen LogP contribution in [0.1, 0.15) is 24.9 Å². The van der Waals surface area contributed by atoms with Gasteiger partial charge in [0.2, 0.25) is 0 Å². The number of benzene rings is 1. The second kappa shape index (κ2) is 5.73. The molecule has 1 aromatic rings. The third-order valence-electron chi connectivity index (χ3n) is 2.06. The maximum Gasteiger partial charge on any atom is 0.127 e. The van der Waals surface area contributed by atoms with Crippen LogP contribution in [0.3, 0.4) is 0 Å². The minimum Gasteiger partial charge on any atom is -0.508 e. The Balaban J connectivity index is 0.00000169. The number of halogens is 1. The molecule has 4 heteroatoms. The average molecular weight is 218 g/mol. The molecule has 0 aliphatic carbocycles. The van der Waals surface area contributed by atoms with E-state index >= 15 is 0 Å². The van der Waals surface area contributed by atoms with Crippen LogP contribution in [0.5, 0.6) is 11.5 Å². The zero-order valence-corrected chi connectivity index (χ0v) is 9.17. The van der Waals surface area contributed by atoms with Gasteiger partial charge >= 0.3 is 0 Å². The summed E-state index contributed by atoms with van der Waals surface area (Å²) in [5.74, 6) is 0.846. The summed E-state index contributed by atoms with van der Waals surface area (Å²) in [6.07, 6.45) is 0.848. The van der Waals surface area contributed by atoms with Crippen molar-refractivity contribution >= 4 is 12.4 Å². The number of hydrogen-bond donors (Lipinski definition) is 2. The lowest BCUT2D eigenvalue weighted by Crippen LogP contribution is -2.09. The molecule has 1 aromatic carbocycles. The number of nitrogens with two attached hydrogens (primary N) is 1. The molecule has 0 saturated carbocycles. The van der Waals surface area contributed by atoms with Crippen LogP contribution in [0, 0.1) is 0 Å². The van der Waals surface area contributed by atoms with Gasteiger partial charge in [0.25, 0.3) is 0 Å². The van der Waals surface area contributed by atoms with Crippen LogP contribution in [0.2, 0.25) is 0 Å². The molecule has 0 aliphatic rings. The Hall–Kier alpha value is -0.930. The van der Waals surface area contributed by atoms with Crippen LogP contribution in [-0.2, 0) is 0 Å². The third kappa shape index (κ3) is 2.79. The van der Waals surface area contributed by atoms with Crippen molar-refractivity contribution in [3.63, 3.8) is 0 Å². The third-order valence-corrected chi connectivity index (χ3v) is 2.06. The average Bonchev–Trinajstić information content (AvgIpc) is 2.16. The van der Waals surface area contributed by atoms with Crippen LogP contribution in [0.25, 0.3) is 0 Å². The molecular formula is C10H16ClNO2. The minimum absolute atomic E-state index is 0. The fourth-order valence-electron chi connectivity index (χ4n) is 1.23. The molecule has 0 unspecified atom stereocenters. The van der Waals surface area contributed by atoms with E-state index in [0.29, 0.717) is 5.75 Å². The number of hydrogen-bond acceptors (Lipinski definition) is 3. The van der Waals surface area contributed by atoms with Crippen LogP contribution in [0.15, 0.2) is 18.2 Å². The molecule has 0 saturated heterocycles. The van der Waals surface area contributed by atoms with Gasteiger partial charge in [-0.25, -0.2) is 0 Å². The van der Waals surface area contributed by atoms with Crippen LogP contribution in [0.4, 0.5) is 0 Å². The number of methoxy groups -OCH3 is 1. The molecule has 14 heavy (non-hydrogen) atoms. The number of phenolic OH excluding ortho intramolecular Hbond substituents is 1. The van der Waals surface area contributed by atoms with Crippen molar-refractivity contribution in [2.75, 3.05) is 7.11 Å². The molecule has 0 radical (unpaired) electrons. The summed E-state index contributed by atoms with van der Waals surface area (Å²) >= 11 is 0. The number of rotatable bonds is 3. The highest BCUT2D eigenvalue weighted by molar-refractivity contribution is 5.85. The maximum absolute atomic E-state index is 9.20. The van der Waals surface area contributed by atoms with Gasteiger partial charge in [-0.15, -0.1) is 12.4 Å². The van der Waals surface area contributed by atoms with Gasteiger partial charge < -0.3 is 15.6 Å². The van der Waals surface area contributed by atoms with Gasteiger partial charge in [0, 0.05) is 17.7 Å². The first-order valence-corrected chi connectivity index (χ1v) is 4.31. The molecule has 1 rings (SSSR count). The Morgan fingerprint density at radius 2 is 2.14 bits per heavy atom. The maximum atomic E-state index is 9.20. The van der Waals surface area contributed by atoms with E-state index < -0.39 is 0 Å². The Bertz CT molecular complexity index is 291. The van der Waals surface area contributed by atoms with Crippen molar-refractivity contribution in [3.8, 4) is 11.5 Å². The normalized spacial score (nSPS) is 11.6. The molecule has 0 fully saturated rings. The minimum atomic E-state index is -0.0319. The first kappa shape index (κ1) is 13.1. The van der Waals surface area contributed by atoms with Gasteiger partial charge in [-0.2, -0.15) is 0 Å². The quantitative estimate of drug-likeness (QED) is 0.817. The summed E-state index contributed by atoms with van der Waals surface area (Å²) in [6, 6.07) is 4.95. The van der Waals surface area contributed by atoms with Crippen molar-refractivity contribution in [2.24, 2.45) is 5.73 Å². The van der Waals surface area contributed by atoms with E-state index in [0.717, 1.165) is 12.0 Å². The van der Waals surface area contributed by atoms with Gasteiger partial charge in [-0.3, -0.25) is 0 Å². The highest BCUT2D eigenvalue weighted by Crippen LogP contribution is 2.28. The highest BCUT2D eigenvalue weighted by Gasteiger charge is 2.09. The molecule has 0 spiro atoms. The molecule has 0 heterocycles. The Labute approximate surface area is 90.3 Å². The van der Waals surface area contributed by atoms with E-state index in [2.05, 4.69) is 0 Å². The monoisotopic (exact) mass is 217 g/mol.